The predicted octanol–water partition coefficient (Wildman–Crippen LogP) is 2.51. The average molecular weight is 347 g/mol. The van der Waals surface area contributed by atoms with Crippen molar-refractivity contribution in [1.82, 2.24) is 10.2 Å². The van der Waals surface area contributed by atoms with E-state index in [0.29, 0.717) is 6.54 Å². The summed E-state index contributed by atoms with van der Waals surface area (Å²) >= 11 is 1.48. The number of carbonyl (C=O) groups is 2. The lowest BCUT2D eigenvalue weighted by atomic mass is 10.1. The van der Waals surface area contributed by atoms with Crippen LogP contribution in [-0.4, -0.2) is 31.0 Å². The van der Waals surface area contributed by atoms with Crippen molar-refractivity contribution < 1.29 is 14.3 Å². The predicted molar refractivity (Wildman–Crippen MR) is 93.9 cm³/mol. The van der Waals surface area contributed by atoms with Gasteiger partial charge < -0.3 is 20.7 Å². The monoisotopic (exact) mass is 347 g/mol. The molecule has 3 amide bonds. The number of ether oxygens (including phenoxy) is 1. The topological polar surface area (TPSA) is 84.7 Å². The van der Waals surface area contributed by atoms with Crippen molar-refractivity contribution in [2.45, 2.75) is 19.0 Å². The van der Waals surface area contributed by atoms with Gasteiger partial charge in [-0.05, 0) is 29.1 Å². The second-order valence-electron chi connectivity index (χ2n) is 5.38. The Morgan fingerprint density at radius 3 is 2.54 bits per heavy atom. The summed E-state index contributed by atoms with van der Waals surface area (Å²) in [5, 5.41) is 4.53. The van der Waals surface area contributed by atoms with Crippen molar-refractivity contribution in [2.24, 2.45) is 5.73 Å². The quantitative estimate of drug-likeness (QED) is 0.807. The van der Waals surface area contributed by atoms with Crippen molar-refractivity contribution in [3.8, 4) is 5.75 Å². The molecule has 1 atom stereocenters. The van der Waals surface area contributed by atoms with Crippen molar-refractivity contribution in [3.05, 3.63) is 52.2 Å². The SMILES string of the molecule is COc1ccc(CN(C)C(=O)C[C@@H](NC(N)=O)c2cccs2)cc1. The molecular weight excluding hydrogens is 326 g/mol. The van der Waals surface area contributed by atoms with Crippen molar-refractivity contribution in [3.63, 3.8) is 0 Å². The summed E-state index contributed by atoms with van der Waals surface area (Å²) in [4.78, 5) is 26.2. The number of rotatable bonds is 7. The number of nitrogens with two attached hydrogens (primary N) is 1. The lowest BCUT2D eigenvalue weighted by molar-refractivity contribution is -0.130. The average Bonchev–Trinajstić information content (AvgIpc) is 3.09. The molecule has 0 saturated carbocycles. The van der Waals surface area contributed by atoms with Gasteiger partial charge >= 0.3 is 6.03 Å². The fourth-order valence-corrected chi connectivity index (χ4v) is 3.09. The van der Waals surface area contributed by atoms with Gasteiger partial charge in [0.25, 0.3) is 0 Å². The van der Waals surface area contributed by atoms with Crippen LogP contribution in [0.1, 0.15) is 22.9 Å². The summed E-state index contributed by atoms with van der Waals surface area (Å²) in [5.41, 5.74) is 6.22. The van der Waals surface area contributed by atoms with E-state index in [1.807, 2.05) is 41.8 Å². The van der Waals surface area contributed by atoms with Gasteiger partial charge in [0, 0.05) is 18.5 Å². The molecule has 0 radical (unpaired) electrons. The zero-order chi connectivity index (χ0) is 17.5. The molecule has 0 aliphatic carbocycles. The van der Waals surface area contributed by atoms with Crippen LogP contribution in [0.25, 0.3) is 0 Å². The zero-order valence-electron chi connectivity index (χ0n) is 13.7. The third kappa shape index (κ3) is 4.99. The summed E-state index contributed by atoms with van der Waals surface area (Å²) in [7, 11) is 3.35. The molecule has 6 nitrogen and oxygen atoms in total. The smallest absolute Gasteiger partial charge is 0.312 e. The minimum Gasteiger partial charge on any atom is -0.497 e. The number of benzene rings is 1. The number of nitrogens with zero attached hydrogens (tertiary/aromatic N) is 1. The first-order chi connectivity index (χ1) is 11.5. The number of amides is 3. The van der Waals surface area contributed by atoms with Gasteiger partial charge in [-0.15, -0.1) is 11.3 Å². The summed E-state index contributed by atoms with van der Waals surface area (Å²) in [5.74, 6) is 0.703. The van der Waals surface area contributed by atoms with Gasteiger partial charge in [0.05, 0.1) is 19.6 Å². The number of hydrogen-bond acceptors (Lipinski definition) is 4. The lowest BCUT2D eigenvalue weighted by Crippen LogP contribution is -2.36. The second kappa shape index (κ2) is 8.35. The molecule has 7 heteroatoms. The number of nitrogens with one attached hydrogen (secondary N) is 1. The first kappa shape index (κ1) is 17.8. The van der Waals surface area contributed by atoms with E-state index in [9.17, 15) is 9.59 Å². The maximum Gasteiger partial charge on any atom is 0.312 e. The molecular formula is C17H21N3O3S. The molecule has 24 heavy (non-hydrogen) atoms. The number of carbonyl (C=O) groups excluding carboxylic acids is 2. The molecule has 0 spiro atoms. The van der Waals surface area contributed by atoms with Gasteiger partial charge in [-0.1, -0.05) is 18.2 Å². The molecule has 0 fully saturated rings. The summed E-state index contributed by atoms with van der Waals surface area (Å²) in [6, 6.07) is 10.3. The molecule has 3 N–H and O–H groups in total. The highest BCUT2D eigenvalue weighted by atomic mass is 32.1. The van der Waals surface area contributed by atoms with Crippen LogP contribution in [0, 0.1) is 0 Å². The second-order valence-corrected chi connectivity index (χ2v) is 6.36. The molecule has 1 aromatic carbocycles. The van der Waals surface area contributed by atoms with E-state index in [1.165, 1.54) is 11.3 Å². The van der Waals surface area contributed by atoms with Crippen molar-refractivity contribution in [1.29, 1.82) is 0 Å². The maximum atomic E-state index is 12.5. The summed E-state index contributed by atoms with van der Waals surface area (Å²) in [6.45, 7) is 0.483. The molecule has 2 aromatic rings. The standard InChI is InChI=1S/C17H21N3O3S/c1-20(11-12-5-7-13(23-2)8-6-12)16(21)10-14(19-17(18)22)15-4-3-9-24-15/h3-9,14H,10-11H2,1-2H3,(H3,18,19,22)/t14-/m1/s1. The first-order valence-electron chi connectivity index (χ1n) is 7.46. The van der Waals surface area contributed by atoms with E-state index in [2.05, 4.69) is 5.32 Å². The first-order valence-corrected chi connectivity index (χ1v) is 8.34. The van der Waals surface area contributed by atoms with E-state index >= 15 is 0 Å². The number of urea groups is 1. The van der Waals surface area contributed by atoms with Gasteiger partial charge in [-0.2, -0.15) is 0 Å². The third-order valence-corrected chi connectivity index (χ3v) is 4.57. The van der Waals surface area contributed by atoms with Crippen LogP contribution in [0.15, 0.2) is 41.8 Å². The van der Waals surface area contributed by atoms with Gasteiger partial charge in [0.15, 0.2) is 0 Å². The van der Waals surface area contributed by atoms with E-state index in [1.54, 1.807) is 19.1 Å². The van der Waals surface area contributed by atoms with Crippen LogP contribution in [-0.2, 0) is 11.3 Å². The van der Waals surface area contributed by atoms with Gasteiger partial charge in [0.1, 0.15) is 5.75 Å². The normalized spacial score (nSPS) is 11.6. The molecule has 0 saturated heterocycles. The summed E-state index contributed by atoms with van der Waals surface area (Å²) in [6.07, 6.45) is 0.163. The fraction of sp³-hybridized carbons (Fsp3) is 0.294. The molecule has 0 bridgehead atoms. The van der Waals surface area contributed by atoms with Crippen LogP contribution in [0.2, 0.25) is 0 Å². The van der Waals surface area contributed by atoms with E-state index in [4.69, 9.17) is 10.5 Å². The Morgan fingerprint density at radius 1 is 1.29 bits per heavy atom. The van der Waals surface area contributed by atoms with Crippen LogP contribution in [0.4, 0.5) is 4.79 Å². The Hall–Kier alpha value is -2.54. The Balaban J connectivity index is 1.98. The molecule has 1 aromatic heterocycles. The van der Waals surface area contributed by atoms with E-state index in [0.717, 1.165) is 16.2 Å². The summed E-state index contributed by atoms with van der Waals surface area (Å²) < 4.78 is 5.12. The number of methoxy groups -OCH3 is 1. The van der Waals surface area contributed by atoms with Gasteiger partial charge in [-0.3, -0.25) is 4.79 Å². The largest absolute Gasteiger partial charge is 0.497 e. The van der Waals surface area contributed by atoms with Crippen LogP contribution in [0.3, 0.4) is 0 Å². The highest BCUT2D eigenvalue weighted by Crippen LogP contribution is 2.23. The number of hydrogen-bond donors (Lipinski definition) is 2. The van der Waals surface area contributed by atoms with Crippen LogP contribution in [0.5, 0.6) is 5.75 Å². The molecule has 0 aliphatic rings. The van der Waals surface area contributed by atoms with Gasteiger partial charge in [-0.25, -0.2) is 4.79 Å². The number of primary amides is 1. The Bertz CT molecular complexity index is 671. The Kier molecular flexibility index (Phi) is 6.20. The van der Waals surface area contributed by atoms with Crippen molar-refractivity contribution >= 4 is 23.3 Å². The van der Waals surface area contributed by atoms with Crippen LogP contribution < -0.4 is 15.8 Å². The highest BCUT2D eigenvalue weighted by molar-refractivity contribution is 7.10. The Morgan fingerprint density at radius 2 is 2.00 bits per heavy atom. The molecule has 128 valence electrons. The van der Waals surface area contributed by atoms with E-state index in [-0.39, 0.29) is 12.3 Å². The lowest BCUT2D eigenvalue weighted by Gasteiger charge is -2.21. The zero-order valence-corrected chi connectivity index (χ0v) is 14.5. The molecule has 2 rings (SSSR count). The minimum atomic E-state index is -0.640. The Labute approximate surface area is 145 Å². The third-order valence-electron chi connectivity index (χ3n) is 3.59. The van der Waals surface area contributed by atoms with Crippen molar-refractivity contribution in [2.75, 3.05) is 14.2 Å². The molecule has 0 aliphatic heterocycles. The molecule has 0 unspecified atom stereocenters. The van der Waals surface area contributed by atoms with E-state index < -0.39 is 12.1 Å². The maximum absolute atomic E-state index is 12.5. The fourth-order valence-electron chi connectivity index (χ4n) is 2.31. The minimum absolute atomic E-state index is 0.0713. The highest BCUT2D eigenvalue weighted by Gasteiger charge is 2.20. The number of thiophene rings is 1. The van der Waals surface area contributed by atoms with Crippen LogP contribution >= 0.6 is 11.3 Å². The molecule has 1 heterocycles. The van der Waals surface area contributed by atoms with Gasteiger partial charge in [0.2, 0.25) is 5.91 Å².